The molecule has 1 unspecified atom stereocenters. The van der Waals surface area contributed by atoms with Crippen molar-refractivity contribution in [1.29, 1.82) is 5.26 Å². The van der Waals surface area contributed by atoms with E-state index in [-0.39, 0.29) is 29.9 Å². The van der Waals surface area contributed by atoms with E-state index >= 15 is 0 Å². The van der Waals surface area contributed by atoms with E-state index in [0.29, 0.717) is 17.7 Å². The van der Waals surface area contributed by atoms with Crippen LogP contribution in [0.4, 0.5) is 0 Å². The van der Waals surface area contributed by atoms with Crippen LogP contribution in [0, 0.1) is 11.3 Å². The standard InChI is InChI=1S/C19H19N3O3S/c1-15-14-21(26(24,25)18-9-7-16(13-20)8-10-18)11-12-22(15)19(23)17-5-3-2-4-6-17/h2-10,15H,11-12,14H2,1H3. The van der Waals surface area contributed by atoms with Gasteiger partial charge in [-0.25, -0.2) is 8.42 Å². The van der Waals surface area contributed by atoms with Crippen molar-refractivity contribution in [2.45, 2.75) is 17.9 Å². The average molecular weight is 369 g/mol. The van der Waals surface area contributed by atoms with E-state index in [1.165, 1.54) is 28.6 Å². The highest BCUT2D eigenvalue weighted by Gasteiger charge is 2.34. The molecule has 134 valence electrons. The van der Waals surface area contributed by atoms with Crippen LogP contribution in [0.1, 0.15) is 22.8 Å². The van der Waals surface area contributed by atoms with Gasteiger partial charge in [0, 0.05) is 31.2 Å². The number of rotatable bonds is 3. The molecule has 0 N–H and O–H groups in total. The molecule has 0 saturated carbocycles. The van der Waals surface area contributed by atoms with E-state index in [2.05, 4.69) is 0 Å². The number of hydrogen-bond donors (Lipinski definition) is 0. The number of amides is 1. The summed E-state index contributed by atoms with van der Waals surface area (Å²) in [6.07, 6.45) is 0. The van der Waals surface area contributed by atoms with Crippen LogP contribution in [0.3, 0.4) is 0 Å². The van der Waals surface area contributed by atoms with Crippen LogP contribution >= 0.6 is 0 Å². The van der Waals surface area contributed by atoms with Crippen molar-refractivity contribution in [3.05, 3.63) is 65.7 Å². The van der Waals surface area contributed by atoms with Crippen molar-refractivity contribution in [1.82, 2.24) is 9.21 Å². The molecule has 7 heteroatoms. The van der Waals surface area contributed by atoms with Gasteiger partial charge in [0.25, 0.3) is 5.91 Å². The zero-order valence-electron chi connectivity index (χ0n) is 14.4. The van der Waals surface area contributed by atoms with Crippen molar-refractivity contribution in [3.8, 4) is 6.07 Å². The zero-order chi connectivity index (χ0) is 18.7. The Morgan fingerprint density at radius 3 is 2.31 bits per heavy atom. The first-order valence-electron chi connectivity index (χ1n) is 8.30. The molecule has 0 bridgehead atoms. The number of sulfonamides is 1. The molecule has 26 heavy (non-hydrogen) atoms. The van der Waals surface area contributed by atoms with Gasteiger partial charge in [0.15, 0.2) is 0 Å². The molecule has 1 saturated heterocycles. The number of nitrogens with zero attached hydrogens (tertiary/aromatic N) is 3. The summed E-state index contributed by atoms with van der Waals surface area (Å²) in [5.74, 6) is -0.0893. The number of benzene rings is 2. The maximum absolute atomic E-state index is 12.8. The van der Waals surface area contributed by atoms with Gasteiger partial charge in [-0.3, -0.25) is 4.79 Å². The maximum atomic E-state index is 12.8. The summed E-state index contributed by atoms with van der Waals surface area (Å²) in [6.45, 7) is 2.66. The van der Waals surface area contributed by atoms with Crippen molar-refractivity contribution in [2.24, 2.45) is 0 Å². The van der Waals surface area contributed by atoms with Crippen LogP contribution in [-0.2, 0) is 10.0 Å². The Morgan fingerprint density at radius 2 is 1.73 bits per heavy atom. The van der Waals surface area contributed by atoms with Gasteiger partial charge in [-0.2, -0.15) is 9.57 Å². The SMILES string of the molecule is CC1CN(S(=O)(=O)c2ccc(C#N)cc2)CCN1C(=O)c1ccccc1. The second kappa shape index (κ2) is 7.28. The van der Waals surface area contributed by atoms with Gasteiger partial charge in [-0.1, -0.05) is 18.2 Å². The van der Waals surface area contributed by atoms with Gasteiger partial charge < -0.3 is 4.90 Å². The monoisotopic (exact) mass is 369 g/mol. The van der Waals surface area contributed by atoms with Gasteiger partial charge in [-0.15, -0.1) is 0 Å². The Labute approximate surface area is 153 Å². The van der Waals surface area contributed by atoms with E-state index in [1.807, 2.05) is 31.2 Å². The third-order valence-electron chi connectivity index (χ3n) is 4.49. The first-order valence-corrected chi connectivity index (χ1v) is 9.74. The second-order valence-electron chi connectivity index (χ2n) is 6.21. The van der Waals surface area contributed by atoms with E-state index in [0.717, 1.165) is 0 Å². The zero-order valence-corrected chi connectivity index (χ0v) is 15.2. The molecule has 0 aliphatic carbocycles. The predicted molar refractivity (Wildman–Crippen MR) is 96.9 cm³/mol. The minimum atomic E-state index is -3.65. The summed E-state index contributed by atoms with van der Waals surface area (Å²) in [4.78, 5) is 14.5. The smallest absolute Gasteiger partial charge is 0.254 e. The molecular formula is C19H19N3O3S. The molecule has 1 fully saturated rings. The van der Waals surface area contributed by atoms with Crippen LogP contribution < -0.4 is 0 Å². The fourth-order valence-corrected chi connectivity index (χ4v) is 4.55. The van der Waals surface area contributed by atoms with Gasteiger partial charge >= 0.3 is 0 Å². The first kappa shape index (κ1) is 18.1. The fourth-order valence-electron chi connectivity index (χ4n) is 3.04. The molecule has 3 rings (SSSR count). The molecule has 0 aromatic heterocycles. The second-order valence-corrected chi connectivity index (χ2v) is 8.15. The summed E-state index contributed by atoms with van der Waals surface area (Å²) in [5, 5.41) is 8.84. The minimum Gasteiger partial charge on any atom is -0.333 e. The third kappa shape index (κ3) is 3.47. The Balaban J connectivity index is 1.75. The summed E-state index contributed by atoms with van der Waals surface area (Å²) in [7, 11) is -3.65. The normalized spacial score (nSPS) is 18.3. The van der Waals surface area contributed by atoms with E-state index in [9.17, 15) is 13.2 Å². The summed E-state index contributed by atoms with van der Waals surface area (Å²) in [6, 6.07) is 16.6. The van der Waals surface area contributed by atoms with E-state index < -0.39 is 10.0 Å². The fraction of sp³-hybridized carbons (Fsp3) is 0.263. The average Bonchev–Trinajstić information content (AvgIpc) is 2.68. The highest BCUT2D eigenvalue weighted by atomic mass is 32.2. The van der Waals surface area contributed by atoms with E-state index in [1.54, 1.807) is 17.0 Å². The van der Waals surface area contributed by atoms with Gasteiger partial charge in [0.2, 0.25) is 10.0 Å². The molecule has 2 aromatic carbocycles. The lowest BCUT2D eigenvalue weighted by atomic mass is 10.1. The number of nitriles is 1. The van der Waals surface area contributed by atoms with Crippen LogP contribution in [0.15, 0.2) is 59.5 Å². The molecule has 1 amide bonds. The maximum Gasteiger partial charge on any atom is 0.254 e. The molecule has 1 aliphatic rings. The molecule has 0 spiro atoms. The van der Waals surface area contributed by atoms with Crippen molar-refractivity contribution in [3.63, 3.8) is 0 Å². The van der Waals surface area contributed by atoms with Crippen LogP contribution in [0.5, 0.6) is 0 Å². The number of hydrogen-bond acceptors (Lipinski definition) is 4. The van der Waals surface area contributed by atoms with E-state index in [4.69, 9.17) is 5.26 Å². The van der Waals surface area contributed by atoms with Crippen molar-refractivity contribution in [2.75, 3.05) is 19.6 Å². The Morgan fingerprint density at radius 1 is 1.08 bits per heavy atom. The molecule has 1 atom stereocenters. The molecule has 0 radical (unpaired) electrons. The number of piperazine rings is 1. The summed E-state index contributed by atoms with van der Waals surface area (Å²) < 4.78 is 27.0. The van der Waals surface area contributed by atoms with Gasteiger partial charge in [-0.05, 0) is 43.3 Å². The summed E-state index contributed by atoms with van der Waals surface area (Å²) >= 11 is 0. The van der Waals surface area contributed by atoms with Gasteiger partial charge in [0.1, 0.15) is 0 Å². The number of carbonyl (C=O) groups excluding carboxylic acids is 1. The first-order chi connectivity index (χ1) is 12.4. The van der Waals surface area contributed by atoms with Crippen molar-refractivity contribution >= 4 is 15.9 Å². The van der Waals surface area contributed by atoms with Gasteiger partial charge in [0.05, 0.1) is 16.5 Å². The molecule has 1 heterocycles. The summed E-state index contributed by atoms with van der Waals surface area (Å²) in [5.41, 5.74) is 1.01. The largest absolute Gasteiger partial charge is 0.333 e. The minimum absolute atomic E-state index is 0.0893. The topological polar surface area (TPSA) is 81.5 Å². The Hall–Kier alpha value is -2.69. The Kier molecular flexibility index (Phi) is 5.07. The van der Waals surface area contributed by atoms with Crippen LogP contribution in [-0.4, -0.2) is 49.2 Å². The highest BCUT2D eigenvalue weighted by Crippen LogP contribution is 2.21. The third-order valence-corrected chi connectivity index (χ3v) is 6.37. The quantitative estimate of drug-likeness (QED) is 0.830. The predicted octanol–water partition coefficient (Wildman–Crippen LogP) is 2.09. The molecule has 1 aliphatic heterocycles. The highest BCUT2D eigenvalue weighted by molar-refractivity contribution is 7.89. The molecular weight excluding hydrogens is 350 g/mol. The molecule has 6 nitrogen and oxygen atoms in total. The lowest BCUT2D eigenvalue weighted by Gasteiger charge is -2.39. The number of carbonyl (C=O) groups is 1. The Bertz CT molecular complexity index is 934. The lowest BCUT2D eigenvalue weighted by molar-refractivity contribution is 0.0591. The van der Waals surface area contributed by atoms with Crippen molar-refractivity contribution < 1.29 is 13.2 Å². The van der Waals surface area contributed by atoms with Crippen LogP contribution in [0.2, 0.25) is 0 Å². The van der Waals surface area contributed by atoms with Crippen LogP contribution in [0.25, 0.3) is 0 Å². The lowest BCUT2D eigenvalue weighted by Crippen LogP contribution is -2.55. The molecule has 2 aromatic rings.